The van der Waals surface area contributed by atoms with Crippen LogP contribution in [0.5, 0.6) is 0 Å². The van der Waals surface area contributed by atoms with Gasteiger partial charge in [0.1, 0.15) is 11.6 Å². The molecule has 31 heavy (non-hydrogen) atoms. The van der Waals surface area contributed by atoms with E-state index in [-0.39, 0.29) is 5.91 Å². The van der Waals surface area contributed by atoms with Crippen molar-refractivity contribution in [2.45, 2.75) is 40.5 Å². The van der Waals surface area contributed by atoms with E-state index in [9.17, 15) is 4.79 Å². The molecule has 6 heteroatoms. The average Bonchev–Trinajstić information content (AvgIpc) is 3.31. The number of carbonyl (C=O) groups excluding carboxylic acids is 1. The van der Waals surface area contributed by atoms with Gasteiger partial charge in [0.25, 0.3) is 5.91 Å². The minimum Gasteiger partial charge on any atom is -0.459 e. The second-order valence-corrected chi connectivity index (χ2v) is 8.24. The number of piperazine rings is 1. The van der Waals surface area contributed by atoms with E-state index in [0.717, 1.165) is 43.3 Å². The van der Waals surface area contributed by atoms with Crippen LogP contribution in [0.1, 0.15) is 51.3 Å². The molecule has 0 radical (unpaired) electrons. The van der Waals surface area contributed by atoms with Crippen molar-refractivity contribution in [3.05, 3.63) is 76.1 Å². The van der Waals surface area contributed by atoms with Crippen LogP contribution in [0.15, 0.2) is 41.0 Å². The lowest BCUT2D eigenvalue weighted by Gasteiger charge is -2.36. The molecule has 0 spiro atoms. The molecule has 0 saturated carbocycles. The number of hydrogen-bond acceptors (Lipinski definition) is 5. The number of benzene rings is 1. The number of nitrogens with zero attached hydrogens (tertiary/aromatic N) is 4. The van der Waals surface area contributed by atoms with E-state index in [1.165, 1.54) is 22.3 Å². The summed E-state index contributed by atoms with van der Waals surface area (Å²) >= 11 is 0. The number of aromatic nitrogens is 2. The van der Waals surface area contributed by atoms with Crippen molar-refractivity contribution in [3.8, 4) is 0 Å². The molecule has 1 aliphatic rings. The van der Waals surface area contributed by atoms with Gasteiger partial charge in [-0.1, -0.05) is 30.7 Å². The highest BCUT2D eigenvalue weighted by atomic mass is 16.3. The summed E-state index contributed by atoms with van der Waals surface area (Å²) in [6.07, 6.45) is 3.23. The summed E-state index contributed by atoms with van der Waals surface area (Å²) in [5, 5.41) is 0. The smallest absolute Gasteiger partial charge is 0.289 e. The quantitative estimate of drug-likeness (QED) is 0.624. The van der Waals surface area contributed by atoms with Gasteiger partial charge < -0.3 is 14.2 Å². The second kappa shape index (κ2) is 8.92. The van der Waals surface area contributed by atoms with Gasteiger partial charge in [-0.25, -0.2) is 9.97 Å². The molecule has 4 rings (SSSR count). The van der Waals surface area contributed by atoms with Crippen LogP contribution in [0.25, 0.3) is 0 Å². The summed E-state index contributed by atoms with van der Waals surface area (Å²) in [4.78, 5) is 26.4. The molecule has 0 aliphatic carbocycles. The van der Waals surface area contributed by atoms with Crippen LogP contribution in [-0.2, 0) is 12.8 Å². The van der Waals surface area contributed by atoms with Crippen LogP contribution >= 0.6 is 0 Å². The van der Waals surface area contributed by atoms with E-state index in [1.807, 2.05) is 11.8 Å². The van der Waals surface area contributed by atoms with E-state index in [2.05, 4.69) is 43.9 Å². The Hall–Kier alpha value is -3.15. The summed E-state index contributed by atoms with van der Waals surface area (Å²) in [5.41, 5.74) is 6.17. The molecule has 1 amide bonds. The Bertz CT molecular complexity index is 1070. The van der Waals surface area contributed by atoms with Crippen LogP contribution < -0.4 is 4.90 Å². The maximum atomic E-state index is 12.6. The van der Waals surface area contributed by atoms with Gasteiger partial charge in [0.05, 0.1) is 6.26 Å². The molecule has 0 atom stereocenters. The molecule has 3 aromatic rings. The predicted octanol–water partition coefficient (Wildman–Crippen LogP) is 4.11. The minimum atomic E-state index is -0.0478. The molecule has 1 aliphatic heterocycles. The van der Waals surface area contributed by atoms with Gasteiger partial charge in [0.2, 0.25) is 0 Å². The number of amides is 1. The van der Waals surface area contributed by atoms with Gasteiger partial charge in [-0.05, 0) is 50.5 Å². The summed E-state index contributed by atoms with van der Waals surface area (Å²) in [7, 11) is 0. The Kier molecular flexibility index (Phi) is 6.07. The van der Waals surface area contributed by atoms with Gasteiger partial charge in [-0.15, -0.1) is 0 Å². The number of rotatable bonds is 5. The summed E-state index contributed by atoms with van der Waals surface area (Å²) in [6, 6.07) is 10.1. The van der Waals surface area contributed by atoms with Crippen LogP contribution in [-0.4, -0.2) is 47.0 Å². The van der Waals surface area contributed by atoms with E-state index in [1.54, 1.807) is 18.4 Å². The first kappa shape index (κ1) is 21.1. The lowest BCUT2D eigenvalue weighted by molar-refractivity contribution is 0.0714. The third-order valence-corrected chi connectivity index (χ3v) is 5.99. The van der Waals surface area contributed by atoms with E-state index >= 15 is 0 Å². The van der Waals surface area contributed by atoms with E-state index < -0.39 is 0 Å². The highest BCUT2D eigenvalue weighted by Gasteiger charge is 2.26. The average molecular weight is 419 g/mol. The predicted molar refractivity (Wildman–Crippen MR) is 122 cm³/mol. The van der Waals surface area contributed by atoms with Crippen molar-refractivity contribution < 1.29 is 9.21 Å². The molecule has 2 aromatic heterocycles. The first-order valence-corrected chi connectivity index (χ1v) is 11.0. The fourth-order valence-electron chi connectivity index (χ4n) is 4.23. The minimum absolute atomic E-state index is 0.0478. The number of hydrogen-bond donors (Lipinski definition) is 0. The van der Waals surface area contributed by atoms with Gasteiger partial charge in [-0.2, -0.15) is 0 Å². The SMILES string of the molecule is CCc1nc(C)nc(N2CCN(C(=O)c3ccco3)CC2)c1Cc1cc(C)ccc1C. The summed E-state index contributed by atoms with van der Waals surface area (Å²) in [6.45, 7) is 11.2. The van der Waals surface area contributed by atoms with Crippen LogP contribution in [0.4, 0.5) is 5.82 Å². The zero-order valence-corrected chi connectivity index (χ0v) is 18.8. The van der Waals surface area contributed by atoms with Crippen LogP contribution in [0.3, 0.4) is 0 Å². The Labute approximate surface area is 183 Å². The van der Waals surface area contributed by atoms with Crippen molar-refractivity contribution in [1.82, 2.24) is 14.9 Å². The van der Waals surface area contributed by atoms with Crippen molar-refractivity contribution in [3.63, 3.8) is 0 Å². The normalized spacial score (nSPS) is 14.2. The third-order valence-electron chi connectivity index (χ3n) is 5.99. The second-order valence-electron chi connectivity index (χ2n) is 8.24. The fourth-order valence-corrected chi connectivity index (χ4v) is 4.23. The fraction of sp³-hybridized carbons (Fsp3) is 0.400. The lowest BCUT2D eigenvalue weighted by Crippen LogP contribution is -2.49. The summed E-state index contributed by atoms with van der Waals surface area (Å²) in [5.74, 6) is 2.16. The van der Waals surface area contributed by atoms with Crippen molar-refractivity contribution in [1.29, 1.82) is 0 Å². The topological polar surface area (TPSA) is 62.5 Å². The van der Waals surface area contributed by atoms with Gasteiger partial charge in [0.15, 0.2) is 5.76 Å². The zero-order chi connectivity index (χ0) is 22.0. The lowest BCUT2D eigenvalue weighted by atomic mass is 9.96. The molecule has 0 bridgehead atoms. The van der Waals surface area contributed by atoms with E-state index in [0.29, 0.717) is 18.8 Å². The number of aryl methyl sites for hydroxylation is 4. The number of furan rings is 1. The standard InChI is InChI=1S/C25H30N4O2/c1-5-22-21(16-20-15-17(2)8-9-18(20)3)24(27-19(4)26-22)28-10-12-29(13-11-28)25(30)23-7-6-14-31-23/h6-9,14-15H,5,10-13,16H2,1-4H3. The molecule has 1 saturated heterocycles. The molecular weight excluding hydrogens is 388 g/mol. The first-order chi connectivity index (χ1) is 15.0. The van der Waals surface area contributed by atoms with Crippen LogP contribution in [0.2, 0.25) is 0 Å². The number of anilines is 1. The third kappa shape index (κ3) is 4.48. The molecule has 1 aromatic carbocycles. The van der Waals surface area contributed by atoms with Crippen molar-refractivity contribution >= 4 is 11.7 Å². The molecule has 0 unspecified atom stereocenters. The Morgan fingerprint density at radius 1 is 1.06 bits per heavy atom. The first-order valence-electron chi connectivity index (χ1n) is 11.0. The van der Waals surface area contributed by atoms with E-state index in [4.69, 9.17) is 14.4 Å². The Morgan fingerprint density at radius 3 is 2.52 bits per heavy atom. The van der Waals surface area contributed by atoms with Crippen molar-refractivity contribution in [2.24, 2.45) is 0 Å². The van der Waals surface area contributed by atoms with Gasteiger partial charge in [0, 0.05) is 43.9 Å². The van der Waals surface area contributed by atoms with Crippen molar-refractivity contribution in [2.75, 3.05) is 31.1 Å². The molecule has 3 heterocycles. The van der Waals surface area contributed by atoms with Gasteiger partial charge >= 0.3 is 0 Å². The molecule has 0 N–H and O–H groups in total. The zero-order valence-electron chi connectivity index (χ0n) is 18.8. The number of carbonyl (C=O) groups is 1. The van der Waals surface area contributed by atoms with Gasteiger partial charge in [-0.3, -0.25) is 4.79 Å². The monoisotopic (exact) mass is 418 g/mol. The molecular formula is C25H30N4O2. The maximum Gasteiger partial charge on any atom is 0.289 e. The molecule has 162 valence electrons. The molecule has 6 nitrogen and oxygen atoms in total. The largest absolute Gasteiger partial charge is 0.459 e. The Balaban J connectivity index is 1.60. The Morgan fingerprint density at radius 2 is 1.84 bits per heavy atom. The highest BCUT2D eigenvalue weighted by molar-refractivity contribution is 5.91. The maximum absolute atomic E-state index is 12.6. The molecule has 1 fully saturated rings. The summed E-state index contributed by atoms with van der Waals surface area (Å²) < 4.78 is 5.29. The van der Waals surface area contributed by atoms with Crippen LogP contribution in [0, 0.1) is 20.8 Å². The highest BCUT2D eigenvalue weighted by Crippen LogP contribution is 2.27.